The van der Waals surface area contributed by atoms with Crippen molar-refractivity contribution in [1.82, 2.24) is 0 Å². The molecule has 0 aromatic heterocycles. The van der Waals surface area contributed by atoms with E-state index in [2.05, 4.69) is 5.32 Å². The highest BCUT2D eigenvalue weighted by molar-refractivity contribution is 5.60. The van der Waals surface area contributed by atoms with Gasteiger partial charge in [-0.1, -0.05) is 19.9 Å². The van der Waals surface area contributed by atoms with E-state index in [1.165, 1.54) is 6.07 Å². The van der Waals surface area contributed by atoms with Crippen LogP contribution in [0.15, 0.2) is 18.2 Å². The molecule has 0 unspecified atom stereocenters. The van der Waals surface area contributed by atoms with E-state index in [-0.39, 0.29) is 0 Å². The van der Waals surface area contributed by atoms with Gasteiger partial charge in [-0.2, -0.15) is 13.2 Å². The summed E-state index contributed by atoms with van der Waals surface area (Å²) in [5, 5.41) is 3.03. The number of hydrogen-bond acceptors (Lipinski definition) is 1. The number of nitrogens with one attached hydrogen (secondary N) is 1. The summed E-state index contributed by atoms with van der Waals surface area (Å²) < 4.78 is 38.7. The standard InChI is InChI=1S/C12H14F3N/c1-11(2)6-7-16-9-5-3-4-8(10(9)11)12(13,14)15/h3-5,16H,6-7H2,1-2H3. The molecule has 1 N–H and O–H groups in total. The van der Waals surface area contributed by atoms with Gasteiger partial charge in [-0.25, -0.2) is 0 Å². The largest absolute Gasteiger partial charge is 0.416 e. The molecule has 1 aliphatic rings. The number of benzene rings is 1. The van der Waals surface area contributed by atoms with E-state index >= 15 is 0 Å². The quantitative estimate of drug-likeness (QED) is 0.713. The highest BCUT2D eigenvalue weighted by Crippen LogP contribution is 2.44. The molecule has 0 atom stereocenters. The van der Waals surface area contributed by atoms with Gasteiger partial charge in [0, 0.05) is 12.2 Å². The first-order valence-electron chi connectivity index (χ1n) is 5.27. The van der Waals surface area contributed by atoms with Crippen molar-refractivity contribution in [3.05, 3.63) is 29.3 Å². The molecule has 1 nitrogen and oxygen atoms in total. The van der Waals surface area contributed by atoms with Gasteiger partial charge in [0.1, 0.15) is 0 Å². The fourth-order valence-electron chi connectivity index (χ4n) is 2.30. The first-order valence-corrected chi connectivity index (χ1v) is 5.27. The van der Waals surface area contributed by atoms with Crippen LogP contribution in [0.1, 0.15) is 31.4 Å². The summed E-state index contributed by atoms with van der Waals surface area (Å²) in [6, 6.07) is 4.33. The van der Waals surface area contributed by atoms with Crippen LogP contribution in [0.3, 0.4) is 0 Å². The maximum atomic E-state index is 12.9. The Labute approximate surface area is 92.7 Å². The van der Waals surface area contributed by atoms with Crippen LogP contribution in [-0.2, 0) is 11.6 Å². The third kappa shape index (κ3) is 1.77. The van der Waals surface area contributed by atoms with E-state index in [1.807, 2.05) is 13.8 Å². The van der Waals surface area contributed by atoms with E-state index in [1.54, 1.807) is 6.07 Å². The highest BCUT2D eigenvalue weighted by Gasteiger charge is 2.40. The lowest BCUT2D eigenvalue weighted by atomic mass is 9.76. The summed E-state index contributed by atoms with van der Waals surface area (Å²) in [5.74, 6) is 0. The molecule has 1 aromatic rings. The molecule has 0 bridgehead atoms. The Morgan fingerprint density at radius 2 is 1.94 bits per heavy atom. The zero-order valence-corrected chi connectivity index (χ0v) is 9.28. The van der Waals surface area contributed by atoms with Crippen molar-refractivity contribution in [3.8, 4) is 0 Å². The lowest BCUT2D eigenvalue weighted by Crippen LogP contribution is -2.31. The third-order valence-corrected chi connectivity index (χ3v) is 3.11. The Morgan fingerprint density at radius 3 is 2.56 bits per heavy atom. The number of fused-ring (bicyclic) bond motifs is 1. The van der Waals surface area contributed by atoms with Crippen LogP contribution in [0.2, 0.25) is 0 Å². The van der Waals surface area contributed by atoms with Gasteiger partial charge >= 0.3 is 6.18 Å². The fourth-order valence-corrected chi connectivity index (χ4v) is 2.30. The number of alkyl halides is 3. The molecule has 0 aliphatic carbocycles. The molecule has 4 heteroatoms. The second kappa shape index (κ2) is 3.40. The number of hydrogen-bond donors (Lipinski definition) is 1. The van der Waals surface area contributed by atoms with E-state index in [0.29, 0.717) is 17.7 Å². The smallest absolute Gasteiger partial charge is 0.385 e. The molecule has 0 saturated carbocycles. The Hall–Kier alpha value is -1.19. The van der Waals surface area contributed by atoms with Crippen LogP contribution in [-0.4, -0.2) is 6.54 Å². The van der Waals surface area contributed by atoms with Gasteiger partial charge in [-0.15, -0.1) is 0 Å². The van der Waals surface area contributed by atoms with Gasteiger partial charge in [0.15, 0.2) is 0 Å². The molecule has 16 heavy (non-hydrogen) atoms. The molecule has 0 radical (unpaired) electrons. The van der Waals surface area contributed by atoms with Crippen molar-refractivity contribution in [3.63, 3.8) is 0 Å². The van der Waals surface area contributed by atoms with Gasteiger partial charge in [0.25, 0.3) is 0 Å². The van der Waals surface area contributed by atoms with Gasteiger partial charge in [-0.3, -0.25) is 0 Å². The molecule has 1 heterocycles. The number of anilines is 1. The van der Waals surface area contributed by atoms with Crippen LogP contribution in [0.4, 0.5) is 18.9 Å². The van der Waals surface area contributed by atoms with Crippen molar-refractivity contribution < 1.29 is 13.2 Å². The topological polar surface area (TPSA) is 12.0 Å². The lowest BCUT2D eigenvalue weighted by Gasteiger charge is -2.35. The Bertz CT molecular complexity index is 407. The Kier molecular flexibility index (Phi) is 2.40. The van der Waals surface area contributed by atoms with Gasteiger partial charge in [0.05, 0.1) is 5.56 Å². The van der Waals surface area contributed by atoms with Gasteiger partial charge in [-0.05, 0) is 29.5 Å². The average Bonchev–Trinajstić information content (AvgIpc) is 2.15. The molecule has 0 saturated heterocycles. The maximum Gasteiger partial charge on any atom is 0.416 e. The zero-order chi connectivity index (χ0) is 12.0. The van der Waals surface area contributed by atoms with E-state index < -0.39 is 17.2 Å². The predicted octanol–water partition coefficient (Wildman–Crippen LogP) is 3.80. The first kappa shape index (κ1) is 11.3. The van der Waals surface area contributed by atoms with Crippen LogP contribution < -0.4 is 5.32 Å². The molecule has 1 aliphatic heterocycles. The molecule has 0 amide bonds. The number of halogens is 3. The summed E-state index contributed by atoms with van der Waals surface area (Å²) in [4.78, 5) is 0. The van der Waals surface area contributed by atoms with Crippen LogP contribution in [0.25, 0.3) is 0 Å². The third-order valence-electron chi connectivity index (χ3n) is 3.11. The molecular formula is C12H14F3N. The van der Waals surface area contributed by atoms with Gasteiger partial charge in [0.2, 0.25) is 0 Å². The van der Waals surface area contributed by atoms with Crippen molar-refractivity contribution >= 4 is 5.69 Å². The van der Waals surface area contributed by atoms with E-state index in [9.17, 15) is 13.2 Å². The van der Waals surface area contributed by atoms with E-state index in [4.69, 9.17) is 0 Å². The first-order chi connectivity index (χ1) is 7.32. The van der Waals surface area contributed by atoms with Crippen LogP contribution in [0, 0.1) is 0 Å². The normalized spacial score (nSPS) is 18.8. The lowest BCUT2D eigenvalue weighted by molar-refractivity contribution is -0.138. The average molecular weight is 229 g/mol. The summed E-state index contributed by atoms with van der Waals surface area (Å²) in [7, 11) is 0. The second-order valence-corrected chi connectivity index (χ2v) is 4.79. The Morgan fingerprint density at radius 1 is 1.25 bits per heavy atom. The summed E-state index contributed by atoms with van der Waals surface area (Å²) in [5.41, 5.74) is 0.0780. The van der Waals surface area contributed by atoms with Crippen molar-refractivity contribution in [1.29, 1.82) is 0 Å². The number of rotatable bonds is 0. The fraction of sp³-hybridized carbons (Fsp3) is 0.500. The molecule has 2 rings (SSSR count). The Balaban J connectivity index is 2.65. The second-order valence-electron chi connectivity index (χ2n) is 4.79. The molecule has 0 spiro atoms. The van der Waals surface area contributed by atoms with Crippen LogP contribution >= 0.6 is 0 Å². The monoisotopic (exact) mass is 229 g/mol. The molecule has 88 valence electrons. The van der Waals surface area contributed by atoms with Crippen LogP contribution in [0.5, 0.6) is 0 Å². The maximum absolute atomic E-state index is 12.9. The SMILES string of the molecule is CC1(C)CCNc2cccc(C(F)(F)F)c21. The van der Waals surface area contributed by atoms with Crippen molar-refractivity contribution in [2.75, 3.05) is 11.9 Å². The predicted molar refractivity (Wildman–Crippen MR) is 57.6 cm³/mol. The van der Waals surface area contributed by atoms with E-state index in [0.717, 1.165) is 12.6 Å². The minimum absolute atomic E-state index is 0.397. The zero-order valence-electron chi connectivity index (χ0n) is 9.28. The summed E-state index contributed by atoms with van der Waals surface area (Å²) in [6.45, 7) is 4.45. The minimum atomic E-state index is -4.28. The summed E-state index contributed by atoms with van der Waals surface area (Å²) in [6.07, 6.45) is -3.56. The summed E-state index contributed by atoms with van der Waals surface area (Å²) >= 11 is 0. The van der Waals surface area contributed by atoms with Crippen molar-refractivity contribution in [2.24, 2.45) is 0 Å². The molecule has 0 fully saturated rings. The highest BCUT2D eigenvalue weighted by atomic mass is 19.4. The van der Waals surface area contributed by atoms with Crippen molar-refractivity contribution in [2.45, 2.75) is 31.9 Å². The van der Waals surface area contributed by atoms with Gasteiger partial charge < -0.3 is 5.32 Å². The molecular weight excluding hydrogens is 215 g/mol. The molecule has 1 aromatic carbocycles. The minimum Gasteiger partial charge on any atom is -0.385 e.